The molecule has 1 aromatic heterocycles. The second-order valence-electron chi connectivity index (χ2n) is 11.8. The van der Waals surface area contributed by atoms with Crippen LogP contribution in [-0.2, 0) is 15.4 Å². The largest absolute Gasteiger partial charge is 0.492 e. The Kier molecular flexibility index (Phi) is 9.52. The van der Waals surface area contributed by atoms with Gasteiger partial charge in [0.15, 0.2) is 5.75 Å². The van der Waals surface area contributed by atoms with Gasteiger partial charge in [-0.1, -0.05) is 63.2 Å². The van der Waals surface area contributed by atoms with E-state index in [0.717, 1.165) is 28.3 Å². The normalized spacial score (nSPS) is 11.5. The minimum absolute atomic E-state index is 0.185. The predicted octanol–water partition coefficient (Wildman–Crippen LogP) is 7.90. The number of ether oxygens (including phenoxy) is 2. The molecule has 0 spiro atoms. The first-order valence-electron chi connectivity index (χ1n) is 15.0. The van der Waals surface area contributed by atoms with Crippen molar-refractivity contribution in [2.24, 2.45) is 0 Å². The quantitative estimate of drug-likeness (QED) is 0.138. The average Bonchev–Trinajstić information content (AvgIpc) is 3.02. The van der Waals surface area contributed by atoms with Crippen molar-refractivity contribution < 1.29 is 22.7 Å². The summed E-state index contributed by atoms with van der Waals surface area (Å²) in [6.45, 7) is 8.67. The lowest BCUT2D eigenvalue weighted by Gasteiger charge is -2.24. The Morgan fingerprint density at radius 1 is 0.872 bits per heavy atom. The maximum atomic E-state index is 13.4. The first kappa shape index (κ1) is 33.0. The summed E-state index contributed by atoms with van der Waals surface area (Å²) in [6.07, 6.45) is 2.72. The Morgan fingerprint density at radius 3 is 2.19 bits per heavy atom. The van der Waals surface area contributed by atoms with Gasteiger partial charge in [-0.25, -0.2) is 18.2 Å². The number of sulfonamides is 1. The van der Waals surface area contributed by atoms with E-state index in [9.17, 15) is 13.2 Å². The van der Waals surface area contributed by atoms with Crippen LogP contribution in [0.4, 0.5) is 33.5 Å². The lowest BCUT2D eigenvalue weighted by Crippen LogP contribution is -2.22. The molecule has 0 unspecified atom stereocenters. The summed E-state index contributed by atoms with van der Waals surface area (Å²) in [5.41, 5.74) is 2.49. The average molecular weight is 655 g/mol. The van der Waals surface area contributed by atoms with Crippen LogP contribution in [0.15, 0.2) is 91.1 Å². The number of carbonyl (C=O) groups excluding carboxylic acids is 1. The molecule has 5 aromatic rings. The van der Waals surface area contributed by atoms with Crippen molar-refractivity contribution in [3.8, 4) is 17.4 Å². The molecule has 5 rings (SSSR count). The van der Waals surface area contributed by atoms with E-state index >= 15 is 0 Å². The monoisotopic (exact) mass is 654 g/mol. The Morgan fingerprint density at radius 2 is 1.53 bits per heavy atom. The molecular weight excluding hydrogens is 616 g/mol. The van der Waals surface area contributed by atoms with E-state index in [1.807, 2.05) is 87.2 Å². The van der Waals surface area contributed by atoms with E-state index in [0.29, 0.717) is 35.5 Å². The Labute approximate surface area is 275 Å². The molecule has 0 saturated heterocycles. The van der Waals surface area contributed by atoms with Gasteiger partial charge in [-0.15, -0.1) is 0 Å². The number of methoxy groups -OCH3 is 1. The molecule has 244 valence electrons. The summed E-state index contributed by atoms with van der Waals surface area (Å²) in [5, 5.41) is 7.26. The van der Waals surface area contributed by atoms with Crippen molar-refractivity contribution in [1.82, 2.24) is 9.97 Å². The summed E-state index contributed by atoms with van der Waals surface area (Å²) in [5.74, 6) is 1.62. The van der Waals surface area contributed by atoms with Crippen molar-refractivity contribution in [1.29, 1.82) is 0 Å². The van der Waals surface area contributed by atoms with Gasteiger partial charge in [0.25, 0.3) is 0 Å². The zero-order valence-electron chi connectivity index (χ0n) is 27.2. The number of carbonyl (C=O) groups is 1. The molecule has 0 aliphatic rings. The number of nitrogens with zero attached hydrogens (tertiary/aromatic N) is 3. The summed E-state index contributed by atoms with van der Waals surface area (Å²) in [7, 11) is -2.20. The zero-order valence-corrected chi connectivity index (χ0v) is 28.0. The fourth-order valence-corrected chi connectivity index (χ4v) is 5.63. The van der Waals surface area contributed by atoms with E-state index in [2.05, 4.69) is 25.3 Å². The minimum Gasteiger partial charge on any atom is -0.492 e. The third kappa shape index (κ3) is 7.90. The third-order valence-electron chi connectivity index (χ3n) is 7.29. The maximum absolute atomic E-state index is 13.4. The topological polar surface area (TPSA) is 135 Å². The highest BCUT2D eigenvalue weighted by Crippen LogP contribution is 2.40. The highest BCUT2D eigenvalue weighted by molar-refractivity contribution is 7.92. The van der Waals surface area contributed by atoms with Gasteiger partial charge in [0.1, 0.15) is 5.75 Å². The second kappa shape index (κ2) is 13.6. The zero-order chi connectivity index (χ0) is 33.8. The highest BCUT2D eigenvalue weighted by atomic mass is 32.2. The number of hydrogen-bond donors (Lipinski definition) is 3. The van der Waals surface area contributed by atoms with Crippen LogP contribution in [0.3, 0.4) is 0 Å². The van der Waals surface area contributed by atoms with E-state index < -0.39 is 16.1 Å². The van der Waals surface area contributed by atoms with Crippen LogP contribution in [0, 0.1) is 0 Å². The first-order chi connectivity index (χ1) is 22.4. The number of anilines is 5. The number of benzene rings is 4. The SMILES string of the molecule is CCN(c1ccccc1)c1nccc(Oc2ccc(NC(=O)Nc3cc(C(C)(C)C)cc(NS(C)(=O)=O)c3OC)c3ccccc23)n1. The van der Waals surface area contributed by atoms with Gasteiger partial charge in [0.05, 0.1) is 30.4 Å². The lowest BCUT2D eigenvalue weighted by molar-refractivity contribution is 0.262. The molecule has 1 heterocycles. The van der Waals surface area contributed by atoms with Crippen LogP contribution in [-0.4, -0.2) is 44.3 Å². The van der Waals surface area contributed by atoms with Crippen LogP contribution in [0.1, 0.15) is 33.3 Å². The molecule has 0 radical (unpaired) electrons. The molecule has 0 aliphatic carbocycles. The lowest BCUT2D eigenvalue weighted by atomic mass is 9.86. The Bertz CT molecular complexity index is 2010. The van der Waals surface area contributed by atoms with Crippen LogP contribution < -0.4 is 29.7 Å². The predicted molar refractivity (Wildman–Crippen MR) is 188 cm³/mol. The molecule has 47 heavy (non-hydrogen) atoms. The number of fused-ring (bicyclic) bond motifs is 1. The van der Waals surface area contributed by atoms with Crippen LogP contribution in [0.2, 0.25) is 0 Å². The van der Waals surface area contributed by atoms with E-state index in [1.165, 1.54) is 7.11 Å². The number of nitrogens with one attached hydrogen (secondary N) is 3. The number of amides is 2. The molecule has 0 atom stereocenters. The fourth-order valence-electron chi connectivity index (χ4n) is 5.07. The van der Waals surface area contributed by atoms with Crippen LogP contribution in [0.25, 0.3) is 10.8 Å². The van der Waals surface area contributed by atoms with Gasteiger partial charge >= 0.3 is 6.03 Å². The number of urea groups is 1. The van der Waals surface area contributed by atoms with Crippen LogP contribution in [0.5, 0.6) is 17.4 Å². The molecular formula is C35H38N6O5S. The molecule has 0 bridgehead atoms. The van der Waals surface area contributed by atoms with Crippen molar-refractivity contribution in [2.75, 3.05) is 40.2 Å². The fraction of sp³-hybridized carbons (Fsp3) is 0.229. The molecule has 3 N–H and O–H groups in total. The molecule has 0 saturated carbocycles. The minimum atomic E-state index is -3.62. The maximum Gasteiger partial charge on any atom is 0.323 e. The van der Waals surface area contributed by atoms with E-state index in [-0.39, 0.29) is 16.9 Å². The second-order valence-corrected chi connectivity index (χ2v) is 13.6. The van der Waals surface area contributed by atoms with Gasteiger partial charge in [-0.3, -0.25) is 4.72 Å². The Balaban J connectivity index is 1.42. The van der Waals surface area contributed by atoms with E-state index in [1.54, 1.807) is 36.5 Å². The van der Waals surface area contributed by atoms with Gasteiger partial charge in [0, 0.05) is 35.3 Å². The van der Waals surface area contributed by atoms with Crippen molar-refractivity contribution in [3.05, 3.63) is 96.7 Å². The van der Waals surface area contributed by atoms with Crippen molar-refractivity contribution in [2.45, 2.75) is 33.1 Å². The van der Waals surface area contributed by atoms with Gasteiger partial charge in [-0.2, -0.15) is 4.98 Å². The molecule has 12 heteroatoms. The third-order valence-corrected chi connectivity index (χ3v) is 7.88. The molecule has 2 amide bonds. The summed E-state index contributed by atoms with van der Waals surface area (Å²) >= 11 is 0. The summed E-state index contributed by atoms with van der Waals surface area (Å²) in [6, 6.07) is 25.6. The number of para-hydroxylation sites is 1. The van der Waals surface area contributed by atoms with E-state index in [4.69, 9.17) is 9.47 Å². The standard InChI is InChI=1S/C35H38N6O5S/c1-7-41(24-13-9-8-10-14-24)33-36-20-19-31(39-33)46-30-18-17-27(25-15-11-12-16-26(25)30)37-34(42)38-28-21-23(35(2,3)4)22-29(32(28)45-5)40-47(6,43)44/h8-22,40H,7H2,1-6H3,(H2,37,38,42). The smallest absolute Gasteiger partial charge is 0.323 e. The van der Waals surface area contributed by atoms with Crippen molar-refractivity contribution >= 4 is 55.5 Å². The van der Waals surface area contributed by atoms with Gasteiger partial charge in [0.2, 0.25) is 21.9 Å². The molecule has 0 aliphatic heterocycles. The number of aromatic nitrogens is 2. The first-order valence-corrected chi connectivity index (χ1v) is 16.9. The van der Waals surface area contributed by atoms with Crippen molar-refractivity contribution in [3.63, 3.8) is 0 Å². The van der Waals surface area contributed by atoms with Crippen LogP contribution >= 0.6 is 0 Å². The summed E-state index contributed by atoms with van der Waals surface area (Å²) in [4.78, 5) is 24.5. The highest BCUT2D eigenvalue weighted by Gasteiger charge is 2.22. The molecule has 11 nitrogen and oxygen atoms in total. The Hall–Kier alpha value is -5.36. The molecule has 0 fully saturated rings. The van der Waals surface area contributed by atoms with Gasteiger partial charge in [-0.05, 0) is 54.3 Å². The molecule has 4 aromatic carbocycles. The number of rotatable bonds is 10. The van der Waals surface area contributed by atoms with Gasteiger partial charge < -0.3 is 25.0 Å². The summed E-state index contributed by atoms with van der Waals surface area (Å²) < 4.78 is 38.5. The number of hydrogen-bond acceptors (Lipinski definition) is 8.